The number of aliphatic hydroxyl groups is 1. The Morgan fingerprint density at radius 1 is 1.21 bits per heavy atom. The molecular formula is C19H21FN2O2. The third-order valence-corrected chi connectivity index (χ3v) is 4.32. The van der Waals surface area contributed by atoms with Crippen LogP contribution in [0.1, 0.15) is 40.7 Å². The second-order valence-corrected chi connectivity index (χ2v) is 6.27. The molecule has 1 N–H and O–H groups in total. The lowest BCUT2D eigenvalue weighted by Gasteiger charge is -2.20. The Kier molecular flexibility index (Phi) is 5.20. The third-order valence-electron chi connectivity index (χ3n) is 4.32. The van der Waals surface area contributed by atoms with Gasteiger partial charge in [0, 0.05) is 25.5 Å². The van der Waals surface area contributed by atoms with Crippen LogP contribution in [0.25, 0.3) is 0 Å². The number of likely N-dealkylation sites (tertiary alicyclic amines) is 1. The maximum absolute atomic E-state index is 13.3. The first-order chi connectivity index (χ1) is 11.6. The summed E-state index contributed by atoms with van der Waals surface area (Å²) in [6, 6.07) is 8.26. The summed E-state index contributed by atoms with van der Waals surface area (Å²) in [5.41, 5.74) is 2.26. The van der Waals surface area contributed by atoms with E-state index in [9.17, 15) is 14.3 Å². The average Bonchev–Trinajstić information content (AvgIpc) is 2.79. The predicted octanol–water partition coefficient (Wildman–Crippen LogP) is 2.80. The number of benzene rings is 1. The molecule has 1 aliphatic heterocycles. The van der Waals surface area contributed by atoms with Crippen molar-refractivity contribution in [2.75, 3.05) is 13.1 Å². The van der Waals surface area contributed by atoms with E-state index >= 15 is 0 Å². The van der Waals surface area contributed by atoms with Crippen LogP contribution in [0.2, 0.25) is 0 Å². The lowest BCUT2D eigenvalue weighted by molar-refractivity contribution is 0.0752. The number of halogens is 1. The van der Waals surface area contributed by atoms with Gasteiger partial charge in [0.05, 0.1) is 11.7 Å². The summed E-state index contributed by atoms with van der Waals surface area (Å²) in [7, 11) is 0. The largest absolute Gasteiger partial charge is 0.393 e. The zero-order valence-corrected chi connectivity index (χ0v) is 13.5. The molecule has 126 valence electrons. The predicted molar refractivity (Wildman–Crippen MR) is 89.2 cm³/mol. The first kappa shape index (κ1) is 16.6. The first-order valence-electron chi connectivity index (χ1n) is 8.27. The van der Waals surface area contributed by atoms with Gasteiger partial charge in [0.1, 0.15) is 5.82 Å². The van der Waals surface area contributed by atoms with E-state index in [-0.39, 0.29) is 17.8 Å². The van der Waals surface area contributed by atoms with E-state index in [2.05, 4.69) is 4.98 Å². The van der Waals surface area contributed by atoms with E-state index in [4.69, 9.17) is 0 Å². The van der Waals surface area contributed by atoms with Crippen LogP contribution in [-0.2, 0) is 6.42 Å². The van der Waals surface area contributed by atoms with Crippen molar-refractivity contribution >= 4 is 5.91 Å². The van der Waals surface area contributed by atoms with E-state index in [1.165, 1.54) is 12.1 Å². The molecule has 1 amide bonds. The molecule has 4 nitrogen and oxygen atoms in total. The summed E-state index contributed by atoms with van der Waals surface area (Å²) >= 11 is 0. The van der Waals surface area contributed by atoms with Gasteiger partial charge in [-0.1, -0.05) is 12.1 Å². The fourth-order valence-electron chi connectivity index (χ4n) is 3.05. The number of nitrogens with zero attached hydrogens (tertiary/aromatic N) is 2. The van der Waals surface area contributed by atoms with Crippen LogP contribution < -0.4 is 0 Å². The number of pyridine rings is 1. The number of carbonyl (C=O) groups is 1. The smallest absolute Gasteiger partial charge is 0.255 e. The Morgan fingerprint density at radius 2 is 2.08 bits per heavy atom. The summed E-state index contributed by atoms with van der Waals surface area (Å²) in [6.07, 6.45) is 5.64. The molecule has 1 atom stereocenters. The lowest BCUT2D eigenvalue weighted by atomic mass is 10.0. The van der Waals surface area contributed by atoms with Gasteiger partial charge in [0.15, 0.2) is 0 Å². The molecule has 1 aromatic heterocycles. The van der Waals surface area contributed by atoms with Gasteiger partial charge in [-0.15, -0.1) is 0 Å². The van der Waals surface area contributed by atoms with Gasteiger partial charge in [0.2, 0.25) is 0 Å². The molecule has 5 heteroatoms. The first-order valence-corrected chi connectivity index (χ1v) is 8.27. The maximum atomic E-state index is 13.3. The molecule has 1 aromatic carbocycles. The van der Waals surface area contributed by atoms with Crippen molar-refractivity contribution in [1.82, 2.24) is 9.88 Å². The molecule has 0 bridgehead atoms. The van der Waals surface area contributed by atoms with Crippen molar-refractivity contribution in [2.45, 2.75) is 31.8 Å². The Hall–Kier alpha value is -2.27. The molecule has 1 fully saturated rings. The molecule has 2 heterocycles. The van der Waals surface area contributed by atoms with Crippen LogP contribution >= 0.6 is 0 Å². The number of carbonyl (C=O) groups excluding carboxylic acids is 1. The van der Waals surface area contributed by atoms with E-state index < -0.39 is 0 Å². The van der Waals surface area contributed by atoms with Crippen molar-refractivity contribution in [1.29, 1.82) is 0 Å². The Bertz CT molecular complexity index is 720. The van der Waals surface area contributed by atoms with Crippen molar-refractivity contribution in [2.24, 2.45) is 0 Å². The number of hydrogen-bond donors (Lipinski definition) is 1. The normalized spacial score (nSPS) is 18.2. The van der Waals surface area contributed by atoms with Gasteiger partial charge in [0.25, 0.3) is 5.91 Å². The monoisotopic (exact) mass is 328 g/mol. The topological polar surface area (TPSA) is 53.4 Å². The molecule has 0 saturated carbocycles. The fraction of sp³-hybridized carbons (Fsp3) is 0.368. The summed E-state index contributed by atoms with van der Waals surface area (Å²) in [5.74, 6) is -0.325. The van der Waals surface area contributed by atoms with Crippen LogP contribution in [0.4, 0.5) is 4.39 Å². The molecule has 1 aliphatic rings. The van der Waals surface area contributed by atoms with Crippen LogP contribution in [0.15, 0.2) is 42.7 Å². The van der Waals surface area contributed by atoms with Gasteiger partial charge >= 0.3 is 0 Å². The SMILES string of the molecule is O=C(c1cncc(Cc2cccc(F)c2)c1)N1CCC[C@@H](O)CC1. The highest BCUT2D eigenvalue weighted by Gasteiger charge is 2.20. The number of aromatic nitrogens is 1. The zero-order valence-electron chi connectivity index (χ0n) is 13.5. The van der Waals surface area contributed by atoms with Gasteiger partial charge in [-0.05, 0) is 55.0 Å². The van der Waals surface area contributed by atoms with E-state index in [0.717, 1.165) is 24.0 Å². The molecule has 0 radical (unpaired) electrons. The molecule has 2 aromatic rings. The van der Waals surface area contributed by atoms with Crippen molar-refractivity contribution < 1.29 is 14.3 Å². The quantitative estimate of drug-likeness (QED) is 0.943. The molecule has 24 heavy (non-hydrogen) atoms. The average molecular weight is 328 g/mol. The zero-order chi connectivity index (χ0) is 16.9. The van der Waals surface area contributed by atoms with E-state index in [1.54, 1.807) is 23.4 Å². The van der Waals surface area contributed by atoms with Crippen molar-refractivity contribution in [3.8, 4) is 0 Å². The lowest BCUT2D eigenvalue weighted by Crippen LogP contribution is -2.32. The molecule has 0 aliphatic carbocycles. The second-order valence-electron chi connectivity index (χ2n) is 6.27. The summed E-state index contributed by atoms with van der Waals surface area (Å²) in [6.45, 7) is 1.22. The standard InChI is InChI=1S/C19H21FN2O2/c20-17-4-1-3-14(11-17)9-15-10-16(13-21-12-15)19(24)22-7-2-5-18(23)6-8-22/h1,3-4,10-13,18,23H,2,5-9H2/t18-/m1/s1. The third kappa shape index (κ3) is 4.17. The minimum atomic E-state index is -0.319. The molecule has 0 unspecified atom stereocenters. The fourth-order valence-corrected chi connectivity index (χ4v) is 3.05. The summed E-state index contributed by atoms with van der Waals surface area (Å²) < 4.78 is 13.3. The molecule has 3 rings (SSSR count). The van der Waals surface area contributed by atoms with Crippen LogP contribution in [-0.4, -0.2) is 40.1 Å². The number of aliphatic hydroxyl groups excluding tert-OH is 1. The molecule has 0 spiro atoms. The number of hydrogen-bond acceptors (Lipinski definition) is 3. The Balaban J connectivity index is 1.73. The second kappa shape index (κ2) is 7.53. The highest BCUT2D eigenvalue weighted by Crippen LogP contribution is 2.16. The van der Waals surface area contributed by atoms with Crippen molar-refractivity contribution in [3.05, 3.63) is 65.2 Å². The highest BCUT2D eigenvalue weighted by molar-refractivity contribution is 5.94. The van der Waals surface area contributed by atoms with Crippen LogP contribution in [0.3, 0.4) is 0 Å². The van der Waals surface area contributed by atoms with E-state index in [0.29, 0.717) is 31.5 Å². The van der Waals surface area contributed by atoms with Gasteiger partial charge < -0.3 is 10.0 Å². The van der Waals surface area contributed by atoms with Crippen molar-refractivity contribution in [3.63, 3.8) is 0 Å². The number of rotatable bonds is 3. The van der Waals surface area contributed by atoms with Gasteiger partial charge in [-0.25, -0.2) is 4.39 Å². The molecular weight excluding hydrogens is 307 g/mol. The summed E-state index contributed by atoms with van der Waals surface area (Å²) in [5, 5.41) is 9.71. The number of amides is 1. The maximum Gasteiger partial charge on any atom is 0.255 e. The minimum Gasteiger partial charge on any atom is -0.393 e. The Labute approximate surface area is 141 Å². The van der Waals surface area contributed by atoms with Gasteiger partial charge in [-0.2, -0.15) is 0 Å². The van der Waals surface area contributed by atoms with E-state index in [1.807, 2.05) is 12.1 Å². The highest BCUT2D eigenvalue weighted by atomic mass is 19.1. The molecule has 1 saturated heterocycles. The summed E-state index contributed by atoms with van der Waals surface area (Å²) in [4.78, 5) is 18.6. The van der Waals surface area contributed by atoms with Crippen LogP contribution in [0.5, 0.6) is 0 Å². The van der Waals surface area contributed by atoms with Gasteiger partial charge in [-0.3, -0.25) is 9.78 Å². The Morgan fingerprint density at radius 3 is 2.92 bits per heavy atom. The van der Waals surface area contributed by atoms with Crippen LogP contribution in [0, 0.1) is 5.82 Å². The minimum absolute atomic E-state index is 0.0577.